The van der Waals surface area contributed by atoms with Crippen LogP contribution in [0.2, 0.25) is 0 Å². The van der Waals surface area contributed by atoms with Crippen molar-refractivity contribution in [2.45, 2.75) is 51.2 Å². The van der Waals surface area contributed by atoms with Crippen LogP contribution in [0.4, 0.5) is 0 Å². The van der Waals surface area contributed by atoms with E-state index in [1.165, 1.54) is 12.8 Å². The molecular formula is C12H23N3O. The summed E-state index contributed by atoms with van der Waals surface area (Å²) in [6.45, 7) is 7.12. The molecule has 0 amide bonds. The molecule has 16 heavy (non-hydrogen) atoms. The normalized spacial score (nSPS) is 34.5. The van der Waals surface area contributed by atoms with E-state index in [0.717, 1.165) is 32.5 Å². The molecule has 0 aliphatic carbocycles. The third-order valence-electron chi connectivity index (χ3n) is 3.71. The van der Waals surface area contributed by atoms with E-state index in [1.54, 1.807) is 0 Å². The maximum atomic E-state index is 5.98. The van der Waals surface area contributed by atoms with Crippen molar-refractivity contribution in [3.63, 3.8) is 0 Å². The van der Waals surface area contributed by atoms with Crippen molar-refractivity contribution in [3.05, 3.63) is 0 Å². The van der Waals surface area contributed by atoms with Gasteiger partial charge < -0.3 is 15.4 Å². The van der Waals surface area contributed by atoms with E-state index in [4.69, 9.17) is 10.5 Å². The second-order valence-electron chi connectivity index (χ2n) is 5.17. The van der Waals surface area contributed by atoms with Gasteiger partial charge in [-0.2, -0.15) is 0 Å². The zero-order valence-electron chi connectivity index (χ0n) is 10.4. The van der Waals surface area contributed by atoms with Crippen LogP contribution in [0.3, 0.4) is 0 Å². The highest BCUT2D eigenvalue weighted by Gasteiger charge is 2.38. The van der Waals surface area contributed by atoms with Crippen LogP contribution in [0.25, 0.3) is 0 Å². The zero-order valence-corrected chi connectivity index (χ0v) is 10.4. The molecule has 0 saturated carbocycles. The van der Waals surface area contributed by atoms with Crippen LogP contribution in [-0.4, -0.2) is 42.2 Å². The van der Waals surface area contributed by atoms with Crippen molar-refractivity contribution in [3.8, 4) is 0 Å². The van der Waals surface area contributed by atoms with Crippen LogP contribution in [0.15, 0.2) is 4.99 Å². The molecule has 0 bridgehead atoms. The average Bonchev–Trinajstić information content (AvgIpc) is 2.83. The lowest BCUT2D eigenvalue weighted by atomic mass is 9.95. The first-order valence-electron chi connectivity index (χ1n) is 6.35. The number of rotatable bonds is 4. The molecule has 1 fully saturated rings. The van der Waals surface area contributed by atoms with Crippen LogP contribution < -0.4 is 5.73 Å². The molecule has 2 heterocycles. The van der Waals surface area contributed by atoms with Gasteiger partial charge in [0.1, 0.15) is 0 Å². The van der Waals surface area contributed by atoms with Gasteiger partial charge in [-0.05, 0) is 26.2 Å². The van der Waals surface area contributed by atoms with Crippen LogP contribution >= 0.6 is 0 Å². The number of ether oxygens (including phenoxy) is 1. The van der Waals surface area contributed by atoms with Crippen LogP contribution in [0.1, 0.15) is 39.5 Å². The maximum Gasteiger partial charge on any atom is 0.191 e. The third kappa shape index (κ3) is 2.17. The average molecular weight is 225 g/mol. The molecule has 0 aromatic carbocycles. The molecule has 2 rings (SSSR count). The van der Waals surface area contributed by atoms with Crippen molar-refractivity contribution in [1.29, 1.82) is 0 Å². The summed E-state index contributed by atoms with van der Waals surface area (Å²) >= 11 is 0. The minimum atomic E-state index is 0.116. The molecule has 4 heteroatoms. The summed E-state index contributed by atoms with van der Waals surface area (Å²) in [5.41, 5.74) is 6.10. The smallest absolute Gasteiger partial charge is 0.191 e. The first-order chi connectivity index (χ1) is 7.65. The SMILES string of the molecule is CCCC1(C)CN=C(N)N1CC1CCCO1. The summed E-state index contributed by atoms with van der Waals surface area (Å²) in [6, 6.07) is 0. The number of aliphatic imine (C=N–C) groups is 1. The number of hydrogen-bond donors (Lipinski definition) is 1. The van der Waals surface area contributed by atoms with E-state index in [-0.39, 0.29) is 5.54 Å². The Labute approximate surface area is 97.9 Å². The summed E-state index contributed by atoms with van der Waals surface area (Å²) in [6.07, 6.45) is 5.00. The van der Waals surface area contributed by atoms with Crippen LogP contribution in [0.5, 0.6) is 0 Å². The number of nitrogens with zero attached hydrogens (tertiary/aromatic N) is 2. The Bertz CT molecular complexity index is 273. The number of guanidine groups is 1. The molecule has 2 aliphatic heterocycles. The van der Waals surface area contributed by atoms with Gasteiger partial charge in [0.05, 0.1) is 18.2 Å². The second kappa shape index (κ2) is 4.62. The van der Waals surface area contributed by atoms with Gasteiger partial charge in [-0.3, -0.25) is 4.99 Å². The highest BCUT2D eigenvalue weighted by atomic mass is 16.5. The topological polar surface area (TPSA) is 50.8 Å². The third-order valence-corrected chi connectivity index (χ3v) is 3.71. The van der Waals surface area contributed by atoms with Gasteiger partial charge in [-0.25, -0.2) is 0 Å². The monoisotopic (exact) mass is 225 g/mol. The van der Waals surface area contributed by atoms with Crippen LogP contribution in [-0.2, 0) is 4.74 Å². The van der Waals surface area contributed by atoms with E-state index in [0.29, 0.717) is 12.1 Å². The van der Waals surface area contributed by atoms with Crippen molar-refractivity contribution in [2.24, 2.45) is 10.7 Å². The highest BCUT2D eigenvalue weighted by molar-refractivity contribution is 5.81. The lowest BCUT2D eigenvalue weighted by Crippen LogP contribution is -2.52. The fourth-order valence-corrected chi connectivity index (χ4v) is 2.76. The minimum Gasteiger partial charge on any atom is -0.376 e. The Hall–Kier alpha value is -0.770. The van der Waals surface area contributed by atoms with E-state index < -0.39 is 0 Å². The van der Waals surface area contributed by atoms with Gasteiger partial charge >= 0.3 is 0 Å². The van der Waals surface area contributed by atoms with Crippen molar-refractivity contribution >= 4 is 5.96 Å². The molecule has 2 atom stereocenters. The zero-order chi connectivity index (χ0) is 11.6. The number of nitrogens with two attached hydrogens (primary N) is 1. The summed E-state index contributed by atoms with van der Waals surface area (Å²) < 4.78 is 5.68. The first-order valence-corrected chi connectivity index (χ1v) is 6.35. The highest BCUT2D eigenvalue weighted by Crippen LogP contribution is 2.28. The molecule has 0 radical (unpaired) electrons. The molecule has 1 saturated heterocycles. The fraction of sp³-hybridized carbons (Fsp3) is 0.917. The Balaban J connectivity index is 2.00. The van der Waals surface area contributed by atoms with Gasteiger partial charge in [0.2, 0.25) is 0 Å². The molecule has 2 unspecified atom stereocenters. The molecule has 4 nitrogen and oxygen atoms in total. The Morgan fingerprint density at radius 3 is 3.06 bits per heavy atom. The van der Waals surface area contributed by atoms with Crippen molar-refractivity contribution < 1.29 is 4.74 Å². The van der Waals surface area contributed by atoms with Crippen molar-refractivity contribution in [1.82, 2.24) is 4.90 Å². The maximum absolute atomic E-state index is 5.98. The second-order valence-corrected chi connectivity index (χ2v) is 5.17. The Morgan fingerprint density at radius 1 is 1.62 bits per heavy atom. The fourth-order valence-electron chi connectivity index (χ4n) is 2.76. The number of hydrogen-bond acceptors (Lipinski definition) is 4. The summed E-state index contributed by atoms with van der Waals surface area (Å²) in [5.74, 6) is 0.700. The van der Waals surface area contributed by atoms with E-state index >= 15 is 0 Å². The first kappa shape index (κ1) is 11.7. The molecule has 2 aliphatic rings. The summed E-state index contributed by atoms with van der Waals surface area (Å²) in [5, 5.41) is 0. The largest absolute Gasteiger partial charge is 0.376 e. The van der Waals surface area contributed by atoms with Gasteiger partial charge in [-0.15, -0.1) is 0 Å². The molecule has 0 aromatic heterocycles. The van der Waals surface area contributed by atoms with E-state index in [1.807, 2.05) is 0 Å². The van der Waals surface area contributed by atoms with Gasteiger partial charge in [-0.1, -0.05) is 13.3 Å². The Kier molecular flexibility index (Phi) is 3.38. The lowest BCUT2D eigenvalue weighted by Gasteiger charge is -2.37. The summed E-state index contributed by atoms with van der Waals surface area (Å²) in [4.78, 5) is 6.65. The molecular weight excluding hydrogens is 202 g/mol. The Morgan fingerprint density at radius 2 is 2.44 bits per heavy atom. The molecule has 0 aromatic rings. The lowest BCUT2D eigenvalue weighted by molar-refractivity contribution is 0.0673. The predicted octanol–water partition coefficient (Wildman–Crippen LogP) is 1.35. The summed E-state index contributed by atoms with van der Waals surface area (Å²) in [7, 11) is 0. The molecule has 0 spiro atoms. The molecule has 92 valence electrons. The van der Waals surface area contributed by atoms with Gasteiger partial charge in [0.15, 0.2) is 5.96 Å². The quantitative estimate of drug-likeness (QED) is 0.786. The van der Waals surface area contributed by atoms with Crippen LogP contribution in [0, 0.1) is 0 Å². The predicted molar refractivity (Wildman–Crippen MR) is 65.5 cm³/mol. The molecule has 2 N–H and O–H groups in total. The van der Waals surface area contributed by atoms with Crippen molar-refractivity contribution in [2.75, 3.05) is 19.7 Å². The van der Waals surface area contributed by atoms with Gasteiger partial charge in [0, 0.05) is 13.2 Å². The van der Waals surface area contributed by atoms with E-state index in [2.05, 4.69) is 23.7 Å². The minimum absolute atomic E-state index is 0.116. The standard InChI is InChI=1S/C12H23N3O/c1-3-6-12(2)9-14-11(13)15(12)8-10-5-4-7-16-10/h10H,3-9H2,1-2H3,(H2,13,14). The van der Waals surface area contributed by atoms with E-state index in [9.17, 15) is 0 Å². The van der Waals surface area contributed by atoms with Gasteiger partial charge in [0.25, 0.3) is 0 Å².